The zero-order chi connectivity index (χ0) is 13.5. The Balaban J connectivity index is 1.64. The number of carbonyl (C=O) groups is 1. The summed E-state index contributed by atoms with van der Waals surface area (Å²) in [5, 5.41) is 2.14. The molecule has 0 N–H and O–H groups in total. The number of nitrogens with zero attached hydrogens (tertiary/aromatic N) is 1. The number of hydrogen-bond acceptors (Lipinski definition) is 3. The maximum atomic E-state index is 12.4. The summed E-state index contributed by atoms with van der Waals surface area (Å²) in [6.45, 7) is 6.23. The lowest BCUT2D eigenvalue weighted by Crippen LogP contribution is -2.34. The van der Waals surface area contributed by atoms with Crippen molar-refractivity contribution < 1.29 is 4.79 Å². The topological polar surface area (TPSA) is 20.3 Å². The van der Waals surface area contributed by atoms with Crippen LogP contribution in [-0.2, 0) is 11.3 Å². The molecule has 0 bridgehead atoms. The first-order valence-corrected chi connectivity index (χ1v) is 8.25. The largest absolute Gasteiger partial charge is 0.299 e. The quantitative estimate of drug-likeness (QED) is 0.817. The van der Waals surface area contributed by atoms with Crippen molar-refractivity contribution in [2.45, 2.75) is 52.1 Å². The molecule has 0 spiro atoms. The van der Waals surface area contributed by atoms with Crippen molar-refractivity contribution in [1.29, 1.82) is 0 Å². The van der Waals surface area contributed by atoms with Crippen LogP contribution in [0.3, 0.4) is 0 Å². The summed E-state index contributed by atoms with van der Waals surface area (Å²) in [4.78, 5) is 16.4. The van der Waals surface area contributed by atoms with Gasteiger partial charge in [-0.1, -0.05) is 19.9 Å². The molecule has 1 atom stereocenters. The van der Waals surface area contributed by atoms with E-state index in [-0.39, 0.29) is 11.3 Å². The highest BCUT2D eigenvalue weighted by Gasteiger charge is 2.42. The number of hydrogen-bond donors (Lipinski definition) is 0. The molecule has 1 heterocycles. The van der Waals surface area contributed by atoms with Crippen molar-refractivity contribution in [3.63, 3.8) is 0 Å². The van der Waals surface area contributed by atoms with Gasteiger partial charge in [-0.15, -0.1) is 11.3 Å². The Labute approximate surface area is 119 Å². The molecule has 0 radical (unpaired) electrons. The van der Waals surface area contributed by atoms with E-state index in [1.54, 1.807) is 0 Å². The zero-order valence-electron chi connectivity index (χ0n) is 11.9. The van der Waals surface area contributed by atoms with Gasteiger partial charge in [0.15, 0.2) is 0 Å². The number of thiophene rings is 1. The fourth-order valence-electron chi connectivity index (χ4n) is 3.18. The van der Waals surface area contributed by atoms with E-state index in [1.165, 1.54) is 17.7 Å². The Morgan fingerprint density at radius 1 is 1.37 bits per heavy atom. The van der Waals surface area contributed by atoms with E-state index in [2.05, 4.69) is 36.3 Å². The van der Waals surface area contributed by atoms with Crippen molar-refractivity contribution in [2.75, 3.05) is 6.54 Å². The SMILES string of the molecule is CC1(C)CCC(CN(Cc2cccs2)C2CC2)C1=O. The van der Waals surface area contributed by atoms with E-state index in [4.69, 9.17) is 0 Å². The molecule has 2 fully saturated rings. The minimum Gasteiger partial charge on any atom is -0.299 e. The summed E-state index contributed by atoms with van der Waals surface area (Å²) in [7, 11) is 0. The molecule has 2 aliphatic carbocycles. The van der Waals surface area contributed by atoms with E-state index in [0.717, 1.165) is 32.0 Å². The van der Waals surface area contributed by atoms with Gasteiger partial charge < -0.3 is 0 Å². The van der Waals surface area contributed by atoms with Crippen LogP contribution in [0.5, 0.6) is 0 Å². The van der Waals surface area contributed by atoms with Gasteiger partial charge in [0, 0.05) is 35.3 Å². The molecule has 1 aromatic rings. The number of rotatable bonds is 5. The molecule has 0 aromatic carbocycles. The van der Waals surface area contributed by atoms with Crippen molar-refractivity contribution in [3.05, 3.63) is 22.4 Å². The van der Waals surface area contributed by atoms with E-state index < -0.39 is 0 Å². The third-order valence-corrected chi connectivity index (χ3v) is 5.47. The standard InChI is InChI=1S/C16H23NOS/c1-16(2)8-7-12(15(16)18)10-17(13-5-6-13)11-14-4-3-9-19-14/h3-4,9,12-13H,5-8,10-11H2,1-2H3. The Morgan fingerprint density at radius 3 is 2.68 bits per heavy atom. The van der Waals surface area contributed by atoms with Gasteiger partial charge in [-0.2, -0.15) is 0 Å². The van der Waals surface area contributed by atoms with Gasteiger partial charge in [0.05, 0.1) is 0 Å². The second kappa shape index (κ2) is 5.02. The second-order valence-corrected chi connectivity index (χ2v) is 7.76. The first-order valence-electron chi connectivity index (χ1n) is 7.37. The zero-order valence-corrected chi connectivity index (χ0v) is 12.7. The third kappa shape index (κ3) is 2.92. The molecule has 2 saturated carbocycles. The Kier molecular flexibility index (Phi) is 3.52. The predicted molar refractivity (Wildman–Crippen MR) is 79.3 cm³/mol. The molecule has 1 unspecified atom stereocenters. The summed E-state index contributed by atoms with van der Waals surface area (Å²) in [5.74, 6) is 0.764. The third-order valence-electron chi connectivity index (χ3n) is 4.61. The van der Waals surface area contributed by atoms with Crippen LogP contribution >= 0.6 is 11.3 Å². The number of Topliss-reactive ketones (excluding diaryl/α,β-unsaturated/α-hetero) is 1. The molecular formula is C16H23NOS. The number of ketones is 1. The van der Waals surface area contributed by atoms with Crippen LogP contribution in [0.4, 0.5) is 0 Å². The average Bonchev–Trinajstić information content (AvgIpc) is 3.04. The van der Waals surface area contributed by atoms with E-state index in [0.29, 0.717) is 5.78 Å². The second-order valence-electron chi connectivity index (χ2n) is 6.72. The molecule has 2 aliphatic rings. The van der Waals surface area contributed by atoms with Gasteiger partial charge in [-0.05, 0) is 37.1 Å². The van der Waals surface area contributed by atoms with Gasteiger partial charge in [0.25, 0.3) is 0 Å². The van der Waals surface area contributed by atoms with Crippen LogP contribution in [0.15, 0.2) is 17.5 Å². The van der Waals surface area contributed by atoms with Crippen molar-refractivity contribution in [2.24, 2.45) is 11.3 Å². The molecule has 3 rings (SSSR count). The van der Waals surface area contributed by atoms with Crippen molar-refractivity contribution >= 4 is 17.1 Å². The van der Waals surface area contributed by atoms with E-state index in [9.17, 15) is 4.79 Å². The molecule has 3 heteroatoms. The van der Waals surface area contributed by atoms with Crippen LogP contribution in [-0.4, -0.2) is 23.3 Å². The van der Waals surface area contributed by atoms with Gasteiger partial charge in [0.2, 0.25) is 0 Å². The fourth-order valence-corrected chi connectivity index (χ4v) is 3.91. The highest BCUT2D eigenvalue weighted by molar-refractivity contribution is 7.09. The highest BCUT2D eigenvalue weighted by Crippen LogP contribution is 2.39. The van der Waals surface area contributed by atoms with Gasteiger partial charge in [-0.25, -0.2) is 0 Å². The maximum Gasteiger partial charge on any atom is 0.142 e. The summed E-state index contributed by atoms with van der Waals surface area (Å²) >= 11 is 1.83. The maximum absolute atomic E-state index is 12.4. The summed E-state index contributed by atoms with van der Waals surface area (Å²) < 4.78 is 0. The Bertz CT molecular complexity index is 447. The van der Waals surface area contributed by atoms with Crippen LogP contribution < -0.4 is 0 Å². The van der Waals surface area contributed by atoms with Crippen LogP contribution in [0.2, 0.25) is 0 Å². The molecule has 104 valence electrons. The summed E-state index contributed by atoms with van der Waals surface area (Å²) in [6.07, 6.45) is 4.78. The van der Waals surface area contributed by atoms with E-state index in [1.807, 2.05) is 11.3 Å². The molecule has 19 heavy (non-hydrogen) atoms. The molecule has 2 nitrogen and oxygen atoms in total. The molecular weight excluding hydrogens is 254 g/mol. The van der Waals surface area contributed by atoms with Gasteiger partial charge >= 0.3 is 0 Å². The minimum absolute atomic E-state index is 0.0805. The van der Waals surface area contributed by atoms with E-state index >= 15 is 0 Å². The first kappa shape index (κ1) is 13.3. The number of carbonyl (C=O) groups excluding carboxylic acids is 1. The minimum atomic E-state index is -0.0805. The smallest absolute Gasteiger partial charge is 0.142 e. The van der Waals surface area contributed by atoms with Gasteiger partial charge in [0.1, 0.15) is 5.78 Å². The Hall–Kier alpha value is -0.670. The van der Waals surface area contributed by atoms with Crippen molar-refractivity contribution in [3.8, 4) is 0 Å². The van der Waals surface area contributed by atoms with Crippen LogP contribution in [0, 0.1) is 11.3 Å². The van der Waals surface area contributed by atoms with Crippen molar-refractivity contribution in [1.82, 2.24) is 4.90 Å². The summed E-state index contributed by atoms with van der Waals surface area (Å²) in [6, 6.07) is 5.06. The van der Waals surface area contributed by atoms with Crippen LogP contribution in [0.25, 0.3) is 0 Å². The average molecular weight is 277 g/mol. The van der Waals surface area contributed by atoms with Crippen LogP contribution in [0.1, 0.15) is 44.4 Å². The molecule has 1 aromatic heterocycles. The normalized spacial score (nSPS) is 26.3. The lowest BCUT2D eigenvalue weighted by Gasteiger charge is -2.25. The molecule has 0 aliphatic heterocycles. The Morgan fingerprint density at radius 2 is 2.16 bits per heavy atom. The molecule has 0 saturated heterocycles. The molecule has 0 amide bonds. The lowest BCUT2D eigenvalue weighted by molar-refractivity contribution is -0.128. The predicted octanol–water partition coefficient (Wildman–Crippen LogP) is 3.72. The lowest BCUT2D eigenvalue weighted by atomic mass is 9.89. The highest BCUT2D eigenvalue weighted by atomic mass is 32.1. The fraction of sp³-hybridized carbons (Fsp3) is 0.688. The monoisotopic (exact) mass is 277 g/mol. The van der Waals surface area contributed by atoms with Gasteiger partial charge in [-0.3, -0.25) is 9.69 Å². The first-order chi connectivity index (χ1) is 9.06. The summed E-state index contributed by atoms with van der Waals surface area (Å²) in [5.41, 5.74) is -0.0805.